The second-order valence-electron chi connectivity index (χ2n) is 5.57. The summed E-state index contributed by atoms with van der Waals surface area (Å²) in [6.07, 6.45) is 0.257. The van der Waals surface area contributed by atoms with Gasteiger partial charge in [0.15, 0.2) is 4.34 Å². The van der Waals surface area contributed by atoms with Crippen molar-refractivity contribution < 1.29 is 14.3 Å². The lowest BCUT2D eigenvalue weighted by atomic mass is 10.3. The minimum Gasteiger partial charge on any atom is -0.497 e. The largest absolute Gasteiger partial charge is 0.497 e. The van der Waals surface area contributed by atoms with Crippen molar-refractivity contribution in [3.05, 3.63) is 35.3 Å². The third-order valence-corrected chi connectivity index (χ3v) is 5.09. The quantitative estimate of drug-likeness (QED) is 0.689. The van der Waals surface area contributed by atoms with E-state index in [0.717, 1.165) is 21.5 Å². The summed E-state index contributed by atoms with van der Waals surface area (Å²) in [5, 5.41) is 7.50. The van der Waals surface area contributed by atoms with Crippen molar-refractivity contribution in [1.29, 1.82) is 0 Å². The van der Waals surface area contributed by atoms with E-state index in [0.29, 0.717) is 0 Å². The van der Waals surface area contributed by atoms with E-state index in [1.54, 1.807) is 31.4 Å². The molecule has 25 heavy (non-hydrogen) atoms. The number of nitrogens with one attached hydrogen (secondary N) is 2. The number of carbonyl (C=O) groups excluding carboxylic acids is 2. The first kappa shape index (κ1) is 19.3. The maximum Gasteiger partial charge on any atom is 0.234 e. The fourth-order valence-electron chi connectivity index (χ4n) is 1.97. The van der Waals surface area contributed by atoms with E-state index in [4.69, 9.17) is 4.74 Å². The second kappa shape index (κ2) is 9.43. The number of thioether (sulfide) groups is 1. The molecule has 1 aromatic heterocycles. The van der Waals surface area contributed by atoms with Crippen LogP contribution in [0.3, 0.4) is 0 Å². The summed E-state index contributed by atoms with van der Waals surface area (Å²) in [7, 11) is 1.60. The molecular weight excluding hydrogens is 358 g/mol. The minimum atomic E-state index is -0.107. The molecule has 0 saturated carbocycles. The van der Waals surface area contributed by atoms with Gasteiger partial charge in [0.05, 0.1) is 25.0 Å². The molecule has 0 aliphatic rings. The molecular formula is C17H21N3O3S2. The predicted octanol–water partition coefficient (Wildman–Crippen LogP) is 2.95. The van der Waals surface area contributed by atoms with Crippen LogP contribution in [0.2, 0.25) is 0 Å². The maximum absolute atomic E-state index is 12.0. The van der Waals surface area contributed by atoms with E-state index in [-0.39, 0.29) is 30.0 Å². The molecule has 0 saturated heterocycles. The molecule has 2 N–H and O–H groups in total. The predicted molar refractivity (Wildman–Crippen MR) is 101 cm³/mol. The van der Waals surface area contributed by atoms with Crippen LogP contribution in [0.25, 0.3) is 0 Å². The van der Waals surface area contributed by atoms with E-state index in [1.165, 1.54) is 23.1 Å². The molecule has 0 aliphatic carbocycles. The van der Waals surface area contributed by atoms with Gasteiger partial charge in [-0.2, -0.15) is 0 Å². The smallest absolute Gasteiger partial charge is 0.234 e. The summed E-state index contributed by atoms with van der Waals surface area (Å²) in [5.74, 6) is 0.847. The Hall–Kier alpha value is -2.06. The van der Waals surface area contributed by atoms with Gasteiger partial charge in [0.2, 0.25) is 11.8 Å². The molecule has 0 fully saturated rings. The highest BCUT2D eigenvalue weighted by Gasteiger charge is 2.10. The van der Waals surface area contributed by atoms with E-state index < -0.39 is 0 Å². The zero-order valence-electron chi connectivity index (χ0n) is 14.4. The molecule has 0 atom stereocenters. The summed E-state index contributed by atoms with van der Waals surface area (Å²) in [6, 6.07) is 7.27. The Labute approximate surface area is 155 Å². The molecule has 0 radical (unpaired) electrons. The number of nitrogens with zero attached hydrogens (tertiary/aromatic N) is 1. The standard InChI is InChI=1S/C17H21N3O3S2/c1-11(2)18-15(21)8-13-9-24-17(20-13)25-10-16(22)19-12-4-6-14(23-3)7-5-12/h4-7,9,11H,8,10H2,1-3H3,(H,18,21)(H,19,22). The first-order valence-corrected chi connectivity index (χ1v) is 9.63. The zero-order chi connectivity index (χ0) is 18.2. The summed E-state index contributed by atoms with van der Waals surface area (Å²) in [6.45, 7) is 3.84. The highest BCUT2D eigenvalue weighted by molar-refractivity contribution is 8.01. The van der Waals surface area contributed by atoms with E-state index >= 15 is 0 Å². The van der Waals surface area contributed by atoms with Crippen LogP contribution in [0.5, 0.6) is 5.75 Å². The number of methoxy groups -OCH3 is 1. The van der Waals surface area contributed by atoms with Crippen molar-refractivity contribution in [2.45, 2.75) is 30.6 Å². The Morgan fingerprint density at radius 1 is 1.24 bits per heavy atom. The maximum atomic E-state index is 12.0. The minimum absolute atomic E-state index is 0.0471. The number of ether oxygens (including phenoxy) is 1. The van der Waals surface area contributed by atoms with E-state index in [1.807, 2.05) is 19.2 Å². The van der Waals surface area contributed by atoms with Crippen molar-refractivity contribution in [3.63, 3.8) is 0 Å². The van der Waals surface area contributed by atoms with Gasteiger partial charge in [0, 0.05) is 17.1 Å². The van der Waals surface area contributed by atoms with Gasteiger partial charge in [0.1, 0.15) is 5.75 Å². The number of anilines is 1. The monoisotopic (exact) mass is 379 g/mol. The van der Waals surface area contributed by atoms with E-state index in [9.17, 15) is 9.59 Å². The van der Waals surface area contributed by atoms with Crippen LogP contribution in [-0.4, -0.2) is 35.7 Å². The average Bonchev–Trinajstić information content (AvgIpc) is 3.00. The molecule has 8 heteroatoms. The molecule has 2 aromatic rings. The molecule has 1 aromatic carbocycles. The summed E-state index contributed by atoms with van der Waals surface area (Å²) < 4.78 is 5.85. The lowest BCUT2D eigenvalue weighted by molar-refractivity contribution is -0.121. The Morgan fingerprint density at radius 3 is 2.60 bits per heavy atom. The Bertz CT molecular complexity index is 714. The molecule has 6 nitrogen and oxygen atoms in total. The van der Waals surface area contributed by atoms with Crippen LogP contribution in [0, 0.1) is 0 Å². The molecule has 0 aliphatic heterocycles. The Morgan fingerprint density at radius 2 is 1.96 bits per heavy atom. The van der Waals surface area contributed by atoms with Crippen molar-refractivity contribution in [1.82, 2.24) is 10.3 Å². The molecule has 1 heterocycles. The summed E-state index contributed by atoms with van der Waals surface area (Å²) in [5.41, 5.74) is 1.44. The number of amides is 2. The van der Waals surface area contributed by atoms with Crippen LogP contribution in [0.4, 0.5) is 5.69 Å². The lowest BCUT2D eigenvalue weighted by Gasteiger charge is -2.06. The highest BCUT2D eigenvalue weighted by atomic mass is 32.2. The summed E-state index contributed by atoms with van der Waals surface area (Å²) in [4.78, 5) is 28.1. The molecule has 134 valence electrons. The fourth-order valence-corrected chi connectivity index (χ4v) is 3.62. The number of hydrogen-bond donors (Lipinski definition) is 2. The van der Waals surface area contributed by atoms with E-state index in [2.05, 4.69) is 15.6 Å². The fraction of sp³-hybridized carbons (Fsp3) is 0.353. The van der Waals surface area contributed by atoms with Crippen LogP contribution in [-0.2, 0) is 16.0 Å². The number of aromatic nitrogens is 1. The van der Waals surface area contributed by atoms with Crippen molar-refractivity contribution in [3.8, 4) is 5.75 Å². The van der Waals surface area contributed by atoms with Crippen LogP contribution in [0.1, 0.15) is 19.5 Å². The van der Waals surface area contributed by atoms with Crippen molar-refractivity contribution >= 4 is 40.6 Å². The Kier molecular flexibility index (Phi) is 7.27. The molecule has 2 rings (SSSR count). The van der Waals surface area contributed by atoms with Gasteiger partial charge in [-0.3, -0.25) is 9.59 Å². The average molecular weight is 380 g/mol. The van der Waals surface area contributed by atoms with Crippen LogP contribution < -0.4 is 15.4 Å². The van der Waals surface area contributed by atoms with Crippen molar-refractivity contribution in [2.75, 3.05) is 18.2 Å². The van der Waals surface area contributed by atoms with Gasteiger partial charge in [-0.05, 0) is 38.1 Å². The highest BCUT2D eigenvalue weighted by Crippen LogP contribution is 2.23. The van der Waals surface area contributed by atoms with Gasteiger partial charge >= 0.3 is 0 Å². The Balaban J connectivity index is 1.78. The van der Waals surface area contributed by atoms with Gasteiger partial charge in [-0.15, -0.1) is 11.3 Å². The third-order valence-electron chi connectivity index (χ3n) is 3.02. The normalized spacial score (nSPS) is 10.6. The third kappa shape index (κ3) is 6.75. The van der Waals surface area contributed by atoms with Gasteiger partial charge in [-0.1, -0.05) is 11.8 Å². The first-order valence-electron chi connectivity index (χ1n) is 7.76. The van der Waals surface area contributed by atoms with Gasteiger partial charge in [-0.25, -0.2) is 4.98 Å². The van der Waals surface area contributed by atoms with Gasteiger partial charge < -0.3 is 15.4 Å². The SMILES string of the molecule is COc1ccc(NC(=O)CSc2nc(CC(=O)NC(C)C)cs2)cc1. The van der Waals surface area contributed by atoms with Crippen LogP contribution >= 0.6 is 23.1 Å². The van der Waals surface area contributed by atoms with Gasteiger partial charge in [0.25, 0.3) is 0 Å². The number of rotatable bonds is 8. The van der Waals surface area contributed by atoms with Crippen LogP contribution in [0.15, 0.2) is 34.0 Å². The molecule has 0 unspecified atom stereocenters. The topological polar surface area (TPSA) is 80.3 Å². The molecule has 2 amide bonds. The molecule has 0 spiro atoms. The number of benzene rings is 1. The number of hydrogen-bond acceptors (Lipinski definition) is 6. The zero-order valence-corrected chi connectivity index (χ0v) is 16.0. The summed E-state index contributed by atoms with van der Waals surface area (Å²) >= 11 is 2.80. The number of thiazole rings is 1. The lowest BCUT2D eigenvalue weighted by Crippen LogP contribution is -2.31. The molecule has 0 bridgehead atoms. The number of carbonyl (C=O) groups is 2. The second-order valence-corrected chi connectivity index (χ2v) is 7.65. The van der Waals surface area contributed by atoms with Crippen molar-refractivity contribution in [2.24, 2.45) is 0 Å². The first-order chi connectivity index (χ1) is 12.0.